The summed E-state index contributed by atoms with van der Waals surface area (Å²) < 4.78 is 5.67. The van der Waals surface area contributed by atoms with Gasteiger partial charge in [-0.25, -0.2) is 9.97 Å². The van der Waals surface area contributed by atoms with Crippen LogP contribution in [0, 0.1) is 0 Å². The zero-order valence-corrected chi connectivity index (χ0v) is 12.3. The lowest BCUT2D eigenvalue weighted by Crippen LogP contribution is -2.32. The number of hydrogen-bond donors (Lipinski definition) is 0. The molecule has 2 rings (SSSR count). The number of thioether (sulfide) groups is 1. The van der Waals surface area contributed by atoms with Crippen molar-refractivity contribution in [3.8, 4) is 0 Å². The van der Waals surface area contributed by atoms with Gasteiger partial charge in [0.15, 0.2) is 5.16 Å². The molecule has 0 radical (unpaired) electrons. The number of halogens is 1. The summed E-state index contributed by atoms with van der Waals surface area (Å²) in [6.07, 6.45) is 4.55. The van der Waals surface area contributed by atoms with Crippen molar-refractivity contribution >= 4 is 29.2 Å². The smallest absolute Gasteiger partial charge is 0.190 e. The van der Waals surface area contributed by atoms with Gasteiger partial charge in [-0.3, -0.25) is 0 Å². The summed E-state index contributed by atoms with van der Waals surface area (Å²) in [6, 6.07) is 1.82. The van der Waals surface area contributed by atoms with Gasteiger partial charge in [-0.1, -0.05) is 23.4 Å². The van der Waals surface area contributed by atoms with Crippen molar-refractivity contribution in [3.63, 3.8) is 0 Å². The van der Waals surface area contributed by atoms with E-state index in [2.05, 4.69) is 21.8 Å². The molecule has 1 atom stereocenters. The largest absolute Gasteiger partial charge is 0.376 e. The fraction of sp³-hybridized carbons (Fsp3) is 0.667. The van der Waals surface area contributed by atoms with Crippen LogP contribution in [-0.4, -0.2) is 42.0 Å². The van der Waals surface area contributed by atoms with Gasteiger partial charge in [-0.2, -0.15) is 0 Å². The van der Waals surface area contributed by atoms with Crippen molar-refractivity contribution in [3.05, 3.63) is 11.2 Å². The summed E-state index contributed by atoms with van der Waals surface area (Å²) in [5, 5.41) is 1.21. The van der Waals surface area contributed by atoms with E-state index in [1.54, 1.807) is 0 Å². The van der Waals surface area contributed by atoms with E-state index in [0.29, 0.717) is 16.4 Å². The highest BCUT2D eigenvalue weighted by Gasteiger charge is 2.20. The van der Waals surface area contributed by atoms with Crippen LogP contribution >= 0.6 is 23.4 Å². The first kappa shape index (κ1) is 13.9. The number of likely N-dealkylation sites (N-methyl/N-ethyl adjacent to an activating group) is 1. The molecule has 1 unspecified atom stereocenters. The van der Waals surface area contributed by atoms with Crippen LogP contribution in [0.25, 0.3) is 0 Å². The number of aromatic nitrogens is 2. The molecule has 0 N–H and O–H groups in total. The third-order valence-corrected chi connectivity index (χ3v) is 3.74. The minimum atomic E-state index is 0.316. The van der Waals surface area contributed by atoms with Gasteiger partial charge in [-0.15, -0.1) is 0 Å². The normalized spacial score (nSPS) is 19.2. The Morgan fingerprint density at radius 1 is 1.56 bits per heavy atom. The molecule has 2 heterocycles. The minimum Gasteiger partial charge on any atom is -0.376 e. The lowest BCUT2D eigenvalue weighted by Gasteiger charge is -2.25. The van der Waals surface area contributed by atoms with Gasteiger partial charge in [-0.05, 0) is 26.0 Å². The molecule has 0 amide bonds. The summed E-state index contributed by atoms with van der Waals surface area (Å²) in [6.45, 7) is 4.76. The van der Waals surface area contributed by atoms with Crippen molar-refractivity contribution in [2.45, 2.75) is 31.0 Å². The maximum atomic E-state index is 6.02. The van der Waals surface area contributed by atoms with Crippen LogP contribution in [0.15, 0.2) is 11.2 Å². The molecule has 0 aromatic carbocycles. The number of hydrogen-bond acceptors (Lipinski definition) is 5. The monoisotopic (exact) mass is 287 g/mol. The molecule has 1 aliphatic heterocycles. The van der Waals surface area contributed by atoms with E-state index in [9.17, 15) is 0 Å². The standard InChI is InChI=1S/C12H18ClN3OS/c1-3-16(8-9-5-4-6-17-9)11-7-10(13)14-12(15-11)18-2/h7,9H,3-6,8H2,1-2H3. The van der Waals surface area contributed by atoms with E-state index < -0.39 is 0 Å². The van der Waals surface area contributed by atoms with E-state index in [1.165, 1.54) is 11.8 Å². The van der Waals surface area contributed by atoms with Crippen molar-refractivity contribution in [1.82, 2.24) is 9.97 Å². The Hall–Kier alpha value is -0.520. The Morgan fingerprint density at radius 3 is 3.00 bits per heavy atom. The predicted molar refractivity (Wildman–Crippen MR) is 75.7 cm³/mol. The van der Waals surface area contributed by atoms with Gasteiger partial charge in [0.2, 0.25) is 0 Å². The van der Waals surface area contributed by atoms with Crippen LogP contribution in [0.3, 0.4) is 0 Å². The third kappa shape index (κ3) is 3.49. The number of ether oxygens (including phenoxy) is 1. The highest BCUT2D eigenvalue weighted by molar-refractivity contribution is 7.98. The average molecular weight is 288 g/mol. The summed E-state index contributed by atoms with van der Waals surface area (Å²) >= 11 is 7.53. The molecule has 1 saturated heterocycles. The van der Waals surface area contributed by atoms with Crippen LogP contribution in [0.5, 0.6) is 0 Å². The van der Waals surface area contributed by atoms with Gasteiger partial charge >= 0.3 is 0 Å². The van der Waals surface area contributed by atoms with E-state index in [-0.39, 0.29) is 0 Å². The summed E-state index contributed by atoms with van der Waals surface area (Å²) in [5.74, 6) is 0.886. The summed E-state index contributed by atoms with van der Waals surface area (Å²) in [7, 11) is 0. The first-order valence-electron chi connectivity index (χ1n) is 6.18. The van der Waals surface area contributed by atoms with Crippen molar-refractivity contribution in [1.29, 1.82) is 0 Å². The molecule has 0 aliphatic carbocycles. The molecule has 1 aliphatic rings. The zero-order chi connectivity index (χ0) is 13.0. The van der Waals surface area contributed by atoms with Gasteiger partial charge in [0.1, 0.15) is 11.0 Å². The number of anilines is 1. The second-order valence-electron chi connectivity index (χ2n) is 4.21. The van der Waals surface area contributed by atoms with Crippen LogP contribution in [-0.2, 0) is 4.74 Å². The fourth-order valence-corrected chi connectivity index (χ4v) is 2.66. The third-order valence-electron chi connectivity index (χ3n) is 3.00. The van der Waals surface area contributed by atoms with Crippen LogP contribution < -0.4 is 4.90 Å². The Morgan fingerprint density at radius 2 is 2.39 bits per heavy atom. The molecule has 0 bridgehead atoms. The average Bonchev–Trinajstić information content (AvgIpc) is 2.88. The molecule has 0 spiro atoms. The van der Waals surface area contributed by atoms with Crippen molar-refractivity contribution in [2.75, 3.05) is 30.9 Å². The van der Waals surface area contributed by atoms with E-state index in [4.69, 9.17) is 16.3 Å². The molecule has 6 heteroatoms. The molecule has 100 valence electrons. The van der Waals surface area contributed by atoms with E-state index in [0.717, 1.165) is 38.4 Å². The summed E-state index contributed by atoms with van der Waals surface area (Å²) in [5.41, 5.74) is 0. The molecule has 18 heavy (non-hydrogen) atoms. The van der Waals surface area contributed by atoms with Crippen LogP contribution in [0.4, 0.5) is 5.82 Å². The Labute approximate surface area is 117 Å². The fourth-order valence-electron chi connectivity index (χ4n) is 2.06. The molecule has 1 fully saturated rings. The SMILES string of the molecule is CCN(CC1CCCO1)c1cc(Cl)nc(SC)n1. The van der Waals surface area contributed by atoms with E-state index in [1.807, 2.05) is 12.3 Å². The zero-order valence-electron chi connectivity index (χ0n) is 10.7. The van der Waals surface area contributed by atoms with Gasteiger partial charge in [0, 0.05) is 25.8 Å². The highest BCUT2D eigenvalue weighted by Crippen LogP contribution is 2.22. The summed E-state index contributed by atoms with van der Waals surface area (Å²) in [4.78, 5) is 10.9. The van der Waals surface area contributed by atoms with Gasteiger partial charge in [0.05, 0.1) is 6.10 Å². The first-order chi connectivity index (χ1) is 8.72. The Balaban J connectivity index is 2.12. The molecular weight excluding hydrogens is 270 g/mol. The Kier molecular flexibility index (Phi) is 5.09. The minimum absolute atomic E-state index is 0.316. The molecule has 4 nitrogen and oxygen atoms in total. The number of rotatable bonds is 5. The number of nitrogens with zero attached hydrogens (tertiary/aromatic N) is 3. The topological polar surface area (TPSA) is 38.2 Å². The molecular formula is C12H18ClN3OS. The molecule has 1 aromatic heterocycles. The van der Waals surface area contributed by atoms with Gasteiger partial charge in [0.25, 0.3) is 0 Å². The quantitative estimate of drug-likeness (QED) is 0.473. The van der Waals surface area contributed by atoms with Gasteiger partial charge < -0.3 is 9.64 Å². The lowest BCUT2D eigenvalue weighted by molar-refractivity contribution is 0.115. The van der Waals surface area contributed by atoms with E-state index >= 15 is 0 Å². The van der Waals surface area contributed by atoms with Crippen LogP contribution in [0.1, 0.15) is 19.8 Å². The maximum Gasteiger partial charge on any atom is 0.190 e. The maximum absolute atomic E-state index is 6.02. The lowest BCUT2D eigenvalue weighted by atomic mass is 10.2. The highest BCUT2D eigenvalue weighted by atomic mass is 35.5. The van der Waals surface area contributed by atoms with Crippen LogP contribution in [0.2, 0.25) is 5.15 Å². The second kappa shape index (κ2) is 6.59. The van der Waals surface area contributed by atoms with Crippen molar-refractivity contribution in [2.24, 2.45) is 0 Å². The first-order valence-corrected chi connectivity index (χ1v) is 7.78. The van der Waals surface area contributed by atoms with Crippen molar-refractivity contribution < 1.29 is 4.74 Å². The molecule has 0 saturated carbocycles. The predicted octanol–water partition coefficient (Wildman–Crippen LogP) is 2.86. The second-order valence-corrected chi connectivity index (χ2v) is 5.37. The Bertz CT molecular complexity index is 399. The molecule has 1 aromatic rings.